The Hall–Kier alpha value is -1.68. The first-order valence-electron chi connectivity index (χ1n) is 5.17. The van der Waals surface area contributed by atoms with Crippen molar-refractivity contribution < 1.29 is 5.21 Å². The minimum absolute atomic E-state index is 0.565. The lowest BCUT2D eigenvalue weighted by Gasteiger charge is -2.06. The van der Waals surface area contributed by atoms with E-state index in [0.29, 0.717) is 6.42 Å². The zero-order valence-electron chi connectivity index (χ0n) is 9.05. The molecule has 2 aromatic rings. The monoisotopic (exact) mass is 290 g/mol. The molecule has 0 bridgehead atoms. The van der Waals surface area contributed by atoms with E-state index in [1.165, 1.54) is 6.21 Å². The van der Waals surface area contributed by atoms with Crippen LogP contribution in [0.3, 0.4) is 0 Å². The second-order valence-corrected chi connectivity index (χ2v) is 4.44. The Morgan fingerprint density at radius 1 is 1.24 bits per heavy atom. The summed E-state index contributed by atoms with van der Waals surface area (Å²) in [5.74, 6) is 0. The third-order valence-electron chi connectivity index (χ3n) is 2.40. The normalized spacial score (nSPS) is 10.9. The molecule has 17 heavy (non-hydrogen) atoms. The molecule has 0 aliphatic heterocycles. The third-order valence-corrected chi connectivity index (χ3v) is 2.93. The van der Waals surface area contributed by atoms with Crippen LogP contribution in [0.4, 0.5) is 0 Å². The Morgan fingerprint density at radius 3 is 2.71 bits per heavy atom. The second-order valence-electron chi connectivity index (χ2n) is 3.52. The van der Waals surface area contributed by atoms with E-state index in [1.54, 1.807) is 6.20 Å². The summed E-state index contributed by atoms with van der Waals surface area (Å²) >= 11 is 3.40. The van der Waals surface area contributed by atoms with Gasteiger partial charge in [0.25, 0.3) is 0 Å². The van der Waals surface area contributed by atoms with Crippen LogP contribution in [0.15, 0.2) is 52.2 Å². The third kappa shape index (κ3) is 2.91. The van der Waals surface area contributed by atoms with Gasteiger partial charge in [-0.15, -0.1) is 5.16 Å². The predicted octanol–water partition coefficient (Wildman–Crippen LogP) is 3.51. The van der Waals surface area contributed by atoms with E-state index in [4.69, 9.17) is 5.21 Å². The van der Waals surface area contributed by atoms with Gasteiger partial charge >= 0.3 is 0 Å². The first kappa shape index (κ1) is 11.8. The van der Waals surface area contributed by atoms with Crippen LogP contribution >= 0.6 is 15.9 Å². The van der Waals surface area contributed by atoms with Gasteiger partial charge in [-0.25, -0.2) is 0 Å². The van der Waals surface area contributed by atoms with E-state index in [0.717, 1.165) is 21.3 Å². The van der Waals surface area contributed by atoms with Gasteiger partial charge in [-0.3, -0.25) is 4.98 Å². The summed E-state index contributed by atoms with van der Waals surface area (Å²) < 4.78 is 1.04. The van der Waals surface area contributed by atoms with Gasteiger partial charge in [-0.05, 0) is 23.8 Å². The van der Waals surface area contributed by atoms with E-state index < -0.39 is 0 Å². The quantitative estimate of drug-likeness (QED) is 0.534. The standard InChI is InChI=1S/C13H11BrN2O/c14-12-5-3-11(4-6-12)13-10(7-9-16-17)2-1-8-15-13/h1-6,8-9,17H,7H2. The molecule has 1 heterocycles. The molecule has 1 N–H and O–H groups in total. The number of hydrogen-bond donors (Lipinski definition) is 1. The fraction of sp³-hybridized carbons (Fsp3) is 0.0769. The van der Waals surface area contributed by atoms with Crippen molar-refractivity contribution in [3.05, 3.63) is 52.6 Å². The highest BCUT2D eigenvalue weighted by molar-refractivity contribution is 9.10. The Labute approximate surface area is 108 Å². The van der Waals surface area contributed by atoms with Crippen molar-refractivity contribution >= 4 is 22.1 Å². The average Bonchev–Trinajstić information content (AvgIpc) is 2.38. The number of oxime groups is 1. The van der Waals surface area contributed by atoms with Crippen molar-refractivity contribution in [2.75, 3.05) is 0 Å². The number of pyridine rings is 1. The van der Waals surface area contributed by atoms with Crippen LogP contribution in [0.2, 0.25) is 0 Å². The first-order valence-corrected chi connectivity index (χ1v) is 5.96. The van der Waals surface area contributed by atoms with Crippen molar-refractivity contribution in [1.29, 1.82) is 0 Å². The maximum absolute atomic E-state index is 8.47. The first-order chi connectivity index (χ1) is 8.31. The van der Waals surface area contributed by atoms with Gasteiger partial charge in [0.15, 0.2) is 0 Å². The van der Waals surface area contributed by atoms with Crippen LogP contribution in [-0.4, -0.2) is 16.4 Å². The summed E-state index contributed by atoms with van der Waals surface area (Å²) in [6, 6.07) is 11.8. The summed E-state index contributed by atoms with van der Waals surface area (Å²) in [5.41, 5.74) is 3.00. The molecule has 0 unspecified atom stereocenters. The van der Waals surface area contributed by atoms with Crippen LogP contribution in [-0.2, 0) is 6.42 Å². The molecule has 0 aliphatic carbocycles. The minimum Gasteiger partial charge on any atom is -0.411 e. The molecule has 1 aromatic carbocycles. The lowest BCUT2D eigenvalue weighted by Crippen LogP contribution is -1.93. The van der Waals surface area contributed by atoms with Gasteiger partial charge in [-0.1, -0.05) is 34.1 Å². The van der Waals surface area contributed by atoms with Crippen LogP contribution in [0, 0.1) is 0 Å². The van der Waals surface area contributed by atoms with Crippen molar-refractivity contribution in [2.24, 2.45) is 5.16 Å². The number of nitrogens with zero attached hydrogens (tertiary/aromatic N) is 2. The van der Waals surface area contributed by atoms with Crippen molar-refractivity contribution in [2.45, 2.75) is 6.42 Å². The molecule has 0 atom stereocenters. The molecule has 1 aromatic heterocycles. The highest BCUT2D eigenvalue weighted by atomic mass is 79.9. The van der Waals surface area contributed by atoms with Crippen LogP contribution in [0.1, 0.15) is 5.56 Å². The number of halogens is 1. The van der Waals surface area contributed by atoms with Crippen molar-refractivity contribution in [3.63, 3.8) is 0 Å². The molecule has 3 nitrogen and oxygen atoms in total. The summed E-state index contributed by atoms with van der Waals surface area (Å²) in [4.78, 5) is 4.37. The number of benzene rings is 1. The Bertz CT molecular complexity index is 523. The molecule has 2 rings (SSSR count). The molecule has 0 saturated carbocycles. The smallest absolute Gasteiger partial charge is 0.0737 e. The second kappa shape index (κ2) is 5.59. The molecule has 86 valence electrons. The molecule has 0 radical (unpaired) electrons. The van der Waals surface area contributed by atoms with Gasteiger partial charge in [0.1, 0.15) is 0 Å². The van der Waals surface area contributed by atoms with Crippen LogP contribution in [0.5, 0.6) is 0 Å². The van der Waals surface area contributed by atoms with Gasteiger partial charge in [0.2, 0.25) is 0 Å². The predicted molar refractivity (Wildman–Crippen MR) is 71.4 cm³/mol. The average molecular weight is 291 g/mol. The lowest BCUT2D eigenvalue weighted by atomic mass is 10.0. The van der Waals surface area contributed by atoms with Gasteiger partial charge in [0, 0.05) is 28.9 Å². The summed E-state index contributed by atoms with van der Waals surface area (Å²) in [5, 5.41) is 11.5. The number of aromatic nitrogens is 1. The van der Waals surface area contributed by atoms with Gasteiger partial charge < -0.3 is 5.21 Å². The van der Waals surface area contributed by atoms with E-state index in [1.807, 2.05) is 36.4 Å². The molecular weight excluding hydrogens is 280 g/mol. The molecule has 0 spiro atoms. The molecule has 0 fully saturated rings. The highest BCUT2D eigenvalue weighted by Gasteiger charge is 2.04. The molecule has 0 amide bonds. The van der Waals surface area contributed by atoms with E-state index in [-0.39, 0.29) is 0 Å². The SMILES string of the molecule is ON=CCc1cccnc1-c1ccc(Br)cc1. The molecular formula is C13H11BrN2O. The zero-order valence-corrected chi connectivity index (χ0v) is 10.6. The minimum atomic E-state index is 0.565. The summed E-state index contributed by atoms with van der Waals surface area (Å²) in [6.45, 7) is 0. The van der Waals surface area contributed by atoms with E-state index in [9.17, 15) is 0 Å². The van der Waals surface area contributed by atoms with Gasteiger partial charge in [-0.2, -0.15) is 0 Å². The van der Waals surface area contributed by atoms with E-state index in [2.05, 4.69) is 26.1 Å². The Balaban J connectivity index is 2.40. The lowest BCUT2D eigenvalue weighted by molar-refractivity contribution is 0.321. The molecule has 4 heteroatoms. The van der Waals surface area contributed by atoms with E-state index >= 15 is 0 Å². The fourth-order valence-corrected chi connectivity index (χ4v) is 1.87. The Kier molecular flexibility index (Phi) is 3.88. The fourth-order valence-electron chi connectivity index (χ4n) is 1.61. The molecule has 0 saturated heterocycles. The Morgan fingerprint density at radius 2 is 2.00 bits per heavy atom. The van der Waals surface area contributed by atoms with Crippen molar-refractivity contribution in [1.82, 2.24) is 4.98 Å². The summed E-state index contributed by atoms with van der Waals surface area (Å²) in [6.07, 6.45) is 3.78. The van der Waals surface area contributed by atoms with Gasteiger partial charge in [0.05, 0.1) is 5.69 Å². The maximum atomic E-state index is 8.47. The largest absolute Gasteiger partial charge is 0.411 e. The summed E-state index contributed by atoms with van der Waals surface area (Å²) in [7, 11) is 0. The maximum Gasteiger partial charge on any atom is 0.0737 e. The van der Waals surface area contributed by atoms with Crippen LogP contribution in [0.25, 0.3) is 11.3 Å². The zero-order chi connectivity index (χ0) is 12.1. The topological polar surface area (TPSA) is 45.5 Å². The number of hydrogen-bond acceptors (Lipinski definition) is 3. The molecule has 0 aliphatic rings. The van der Waals surface area contributed by atoms with Crippen molar-refractivity contribution in [3.8, 4) is 11.3 Å². The van der Waals surface area contributed by atoms with Crippen LogP contribution < -0.4 is 0 Å². The number of rotatable bonds is 3. The highest BCUT2D eigenvalue weighted by Crippen LogP contribution is 2.23.